The molecule has 0 bridgehead atoms. The molecule has 0 aliphatic carbocycles. The highest BCUT2D eigenvalue weighted by Crippen LogP contribution is 2.23. The van der Waals surface area contributed by atoms with E-state index in [0.717, 1.165) is 5.56 Å². The lowest BCUT2D eigenvalue weighted by Crippen LogP contribution is -2.41. The highest BCUT2D eigenvalue weighted by molar-refractivity contribution is 5.81. The standard InChI is InChI=1S/C18H19N3O2/c1-21(2)18(22)17(20)11-13-5-3-7-15(9-13)23-16-8-4-6-14(10-16)12-19/h3-10,17H,11,20H2,1-2H3. The van der Waals surface area contributed by atoms with Crippen molar-refractivity contribution < 1.29 is 9.53 Å². The van der Waals surface area contributed by atoms with Crippen LogP contribution in [0.5, 0.6) is 11.5 Å². The zero-order chi connectivity index (χ0) is 16.8. The maximum atomic E-state index is 11.8. The first-order valence-electron chi connectivity index (χ1n) is 7.23. The molecular weight excluding hydrogens is 290 g/mol. The number of amides is 1. The van der Waals surface area contributed by atoms with Crippen LogP contribution >= 0.6 is 0 Å². The first-order valence-corrected chi connectivity index (χ1v) is 7.23. The first kappa shape index (κ1) is 16.5. The van der Waals surface area contributed by atoms with Crippen molar-refractivity contribution in [1.29, 1.82) is 5.26 Å². The second-order valence-corrected chi connectivity index (χ2v) is 5.43. The zero-order valence-corrected chi connectivity index (χ0v) is 13.2. The summed E-state index contributed by atoms with van der Waals surface area (Å²) in [5.74, 6) is 1.12. The lowest BCUT2D eigenvalue weighted by molar-refractivity contribution is -0.130. The number of nitriles is 1. The fraction of sp³-hybridized carbons (Fsp3) is 0.222. The van der Waals surface area contributed by atoms with Crippen molar-refractivity contribution in [2.75, 3.05) is 14.1 Å². The van der Waals surface area contributed by atoms with E-state index in [2.05, 4.69) is 6.07 Å². The van der Waals surface area contributed by atoms with Crippen LogP contribution in [0.25, 0.3) is 0 Å². The Labute approximate surface area is 135 Å². The minimum Gasteiger partial charge on any atom is -0.457 e. The van der Waals surface area contributed by atoms with Gasteiger partial charge in [0, 0.05) is 14.1 Å². The lowest BCUT2D eigenvalue weighted by atomic mass is 10.1. The van der Waals surface area contributed by atoms with E-state index < -0.39 is 6.04 Å². The molecule has 1 unspecified atom stereocenters. The van der Waals surface area contributed by atoms with Gasteiger partial charge in [0.1, 0.15) is 11.5 Å². The Kier molecular flexibility index (Phi) is 5.34. The number of hydrogen-bond acceptors (Lipinski definition) is 4. The van der Waals surface area contributed by atoms with Gasteiger partial charge in [-0.2, -0.15) is 5.26 Å². The average molecular weight is 309 g/mol. The van der Waals surface area contributed by atoms with E-state index in [9.17, 15) is 4.79 Å². The number of nitrogens with zero attached hydrogens (tertiary/aromatic N) is 2. The van der Waals surface area contributed by atoms with Crippen molar-refractivity contribution >= 4 is 5.91 Å². The van der Waals surface area contributed by atoms with Crippen LogP contribution in [0.15, 0.2) is 48.5 Å². The van der Waals surface area contributed by atoms with Gasteiger partial charge in [-0.05, 0) is 42.3 Å². The van der Waals surface area contributed by atoms with Crippen LogP contribution in [-0.2, 0) is 11.2 Å². The van der Waals surface area contributed by atoms with E-state index in [-0.39, 0.29) is 5.91 Å². The van der Waals surface area contributed by atoms with Crippen molar-refractivity contribution in [1.82, 2.24) is 4.90 Å². The Balaban J connectivity index is 2.10. The monoisotopic (exact) mass is 309 g/mol. The van der Waals surface area contributed by atoms with E-state index in [1.807, 2.05) is 24.3 Å². The van der Waals surface area contributed by atoms with Gasteiger partial charge < -0.3 is 15.4 Å². The molecule has 1 amide bonds. The Bertz CT molecular complexity index is 735. The Morgan fingerprint density at radius 2 is 1.87 bits per heavy atom. The molecule has 0 radical (unpaired) electrons. The predicted octanol–water partition coefficient (Wildman–Crippen LogP) is 2.31. The van der Waals surface area contributed by atoms with E-state index >= 15 is 0 Å². The third-order valence-corrected chi connectivity index (χ3v) is 3.31. The molecule has 0 fully saturated rings. The Morgan fingerprint density at radius 1 is 1.22 bits per heavy atom. The number of likely N-dealkylation sites (N-methyl/N-ethyl adjacent to an activating group) is 1. The van der Waals surface area contributed by atoms with Crippen LogP contribution < -0.4 is 10.5 Å². The van der Waals surface area contributed by atoms with Crippen LogP contribution in [-0.4, -0.2) is 30.9 Å². The number of rotatable bonds is 5. The number of nitrogens with two attached hydrogens (primary N) is 1. The summed E-state index contributed by atoms with van der Waals surface area (Å²) in [5.41, 5.74) is 7.38. The van der Waals surface area contributed by atoms with Crippen molar-refractivity contribution in [3.63, 3.8) is 0 Å². The largest absolute Gasteiger partial charge is 0.457 e. The highest BCUT2D eigenvalue weighted by atomic mass is 16.5. The van der Waals surface area contributed by atoms with E-state index in [1.54, 1.807) is 38.4 Å². The van der Waals surface area contributed by atoms with Gasteiger partial charge in [-0.3, -0.25) is 4.79 Å². The molecule has 118 valence electrons. The molecule has 0 saturated heterocycles. The predicted molar refractivity (Wildman–Crippen MR) is 88.0 cm³/mol. The molecule has 2 N–H and O–H groups in total. The molecule has 0 aromatic heterocycles. The van der Waals surface area contributed by atoms with Gasteiger partial charge in [0.05, 0.1) is 17.7 Å². The van der Waals surface area contributed by atoms with E-state index in [1.165, 1.54) is 4.90 Å². The van der Waals surface area contributed by atoms with Crippen molar-refractivity contribution in [2.24, 2.45) is 5.73 Å². The lowest BCUT2D eigenvalue weighted by Gasteiger charge is -2.17. The second-order valence-electron chi connectivity index (χ2n) is 5.43. The van der Waals surface area contributed by atoms with Gasteiger partial charge in [-0.25, -0.2) is 0 Å². The maximum absolute atomic E-state index is 11.8. The maximum Gasteiger partial charge on any atom is 0.239 e. The summed E-state index contributed by atoms with van der Waals surface area (Å²) in [7, 11) is 3.37. The van der Waals surface area contributed by atoms with Crippen molar-refractivity contribution in [3.8, 4) is 17.6 Å². The molecule has 1 atom stereocenters. The zero-order valence-electron chi connectivity index (χ0n) is 13.2. The second kappa shape index (κ2) is 7.43. The van der Waals surface area contributed by atoms with Crippen molar-refractivity contribution in [3.05, 3.63) is 59.7 Å². The molecule has 5 nitrogen and oxygen atoms in total. The van der Waals surface area contributed by atoms with Crippen LogP contribution in [0, 0.1) is 11.3 Å². The van der Waals surface area contributed by atoms with Crippen molar-refractivity contribution in [2.45, 2.75) is 12.5 Å². The fourth-order valence-corrected chi connectivity index (χ4v) is 2.17. The van der Waals surface area contributed by atoms with Gasteiger partial charge >= 0.3 is 0 Å². The number of carbonyl (C=O) groups excluding carboxylic acids is 1. The third kappa shape index (κ3) is 4.56. The molecule has 0 aliphatic heterocycles. The summed E-state index contributed by atoms with van der Waals surface area (Å²) in [5, 5.41) is 8.91. The van der Waals surface area contributed by atoms with Gasteiger partial charge in [-0.1, -0.05) is 18.2 Å². The van der Waals surface area contributed by atoms with Crippen LogP contribution in [0.4, 0.5) is 0 Å². The minimum atomic E-state index is -0.581. The van der Waals surface area contributed by atoms with E-state index in [4.69, 9.17) is 15.7 Å². The van der Waals surface area contributed by atoms with Crippen LogP contribution in [0.3, 0.4) is 0 Å². The summed E-state index contributed by atoms with van der Waals surface area (Å²) >= 11 is 0. The quantitative estimate of drug-likeness (QED) is 0.919. The number of carbonyl (C=O) groups is 1. The molecule has 0 spiro atoms. The van der Waals surface area contributed by atoms with Gasteiger partial charge in [0.15, 0.2) is 0 Å². The highest BCUT2D eigenvalue weighted by Gasteiger charge is 2.16. The minimum absolute atomic E-state index is 0.113. The first-order chi connectivity index (χ1) is 11.0. The fourth-order valence-electron chi connectivity index (χ4n) is 2.17. The Morgan fingerprint density at radius 3 is 2.52 bits per heavy atom. The number of benzene rings is 2. The summed E-state index contributed by atoms with van der Waals surface area (Å²) in [6.07, 6.45) is 0.437. The molecule has 0 heterocycles. The molecule has 5 heteroatoms. The van der Waals surface area contributed by atoms with Gasteiger partial charge in [0.25, 0.3) is 0 Å². The molecular formula is C18H19N3O2. The molecule has 2 aromatic carbocycles. The number of hydrogen-bond donors (Lipinski definition) is 1. The van der Waals surface area contributed by atoms with Gasteiger partial charge in [-0.15, -0.1) is 0 Å². The topological polar surface area (TPSA) is 79.3 Å². The average Bonchev–Trinajstić information content (AvgIpc) is 2.54. The van der Waals surface area contributed by atoms with E-state index in [0.29, 0.717) is 23.5 Å². The SMILES string of the molecule is CN(C)C(=O)C(N)Cc1cccc(Oc2cccc(C#N)c2)c1. The molecule has 2 aromatic rings. The normalized spacial score (nSPS) is 11.4. The molecule has 0 aliphatic rings. The summed E-state index contributed by atoms with van der Waals surface area (Å²) in [4.78, 5) is 13.3. The summed E-state index contributed by atoms with van der Waals surface area (Å²) in [6.45, 7) is 0. The number of ether oxygens (including phenoxy) is 1. The third-order valence-electron chi connectivity index (χ3n) is 3.31. The van der Waals surface area contributed by atoms with Gasteiger partial charge in [0.2, 0.25) is 5.91 Å². The summed E-state index contributed by atoms with van der Waals surface area (Å²) in [6, 6.07) is 15.9. The van der Waals surface area contributed by atoms with Crippen LogP contribution in [0.2, 0.25) is 0 Å². The van der Waals surface area contributed by atoms with Crippen LogP contribution in [0.1, 0.15) is 11.1 Å². The Hall–Kier alpha value is -2.84. The molecule has 23 heavy (non-hydrogen) atoms. The summed E-state index contributed by atoms with van der Waals surface area (Å²) < 4.78 is 5.76. The smallest absolute Gasteiger partial charge is 0.239 e. The molecule has 0 saturated carbocycles. The molecule has 2 rings (SSSR count).